The fourth-order valence-electron chi connectivity index (χ4n) is 3.96. The van der Waals surface area contributed by atoms with E-state index in [0.29, 0.717) is 59.6 Å². The molecule has 1 amide bonds. The van der Waals surface area contributed by atoms with E-state index in [0.717, 1.165) is 0 Å². The Bertz CT molecular complexity index is 1230. The van der Waals surface area contributed by atoms with Crippen molar-refractivity contribution in [3.63, 3.8) is 0 Å². The molecular formula is C24H23ClFN5O2. The number of nitrogens with one attached hydrogen (secondary N) is 2. The van der Waals surface area contributed by atoms with Gasteiger partial charge in [0.25, 0.3) is 5.91 Å². The summed E-state index contributed by atoms with van der Waals surface area (Å²) in [5, 5.41) is 7.23. The molecule has 170 valence electrons. The molecule has 5 rings (SSSR count). The number of anilines is 3. The van der Waals surface area contributed by atoms with Crippen LogP contribution in [0.4, 0.5) is 21.6 Å². The maximum absolute atomic E-state index is 13.6. The molecule has 2 N–H and O–H groups in total. The Morgan fingerprint density at radius 3 is 2.94 bits per heavy atom. The van der Waals surface area contributed by atoms with E-state index >= 15 is 0 Å². The minimum absolute atomic E-state index is 0.00648. The Morgan fingerprint density at radius 1 is 1.27 bits per heavy atom. The second kappa shape index (κ2) is 9.33. The van der Waals surface area contributed by atoms with Gasteiger partial charge < -0.3 is 20.3 Å². The van der Waals surface area contributed by atoms with Crippen molar-refractivity contribution >= 4 is 45.6 Å². The molecule has 33 heavy (non-hydrogen) atoms. The maximum Gasteiger partial charge on any atom is 0.250 e. The van der Waals surface area contributed by atoms with Gasteiger partial charge in [0.05, 0.1) is 28.2 Å². The molecule has 1 saturated carbocycles. The molecule has 2 aliphatic rings. The van der Waals surface area contributed by atoms with E-state index in [2.05, 4.69) is 20.6 Å². The first-order chi connectivity index (χ1) is 16.1. The van der Waals surface area contributed by atoms with Crippen molar-refractivity contribution in [1.29, 1.82) is 0 Å². The van der Waals surface area contributed by atoms with Crippen LogP contribution in [0.15, 0.2) is 48.8 Å². The molecule has 2 heterocycles. The monoisotopic (exact) mass is 467 g/mol. The topological polar surface area (TPSA) is 79.4 Å². The van der Waals surface area contributed by atoms with Gasteiger partial charge in [-0.15, -0.1) is 0 Å². The fourth-order valence-corrected chi connectivity index (χ4v) is 4.14. The number of fused-ring (bicyclic) bond motifs is 3. The predicted octanol–water partition coefficient (Wildman–Crippen LogP) is 4.59. The summed E-state index contributed by atoms with van der Waals surface area (Å²) >= 11 is 5.92. The molecular weight excluding hydrogens is 445 g/mol. The SMILES string of the molecule is O=C(/C=C/CNC1CCC1)N1CCOc2c1ccc1ncnc(Nc3ccc(F)c(Cl)c3)c21. The first kappa shape index (κ1) is 21.6. The first-order valence-corrected chi connectivity index (χ1v) is 11.3. The minimum Gasteiger partial charge on any atom is -0.489 e. The van der Waals surface area contributed by atoms with Crippen molar-refractivity contribution < 1.29 is 13.9 Å². The maximum atomic E-state index is 13.6. The van der Waals surface area contributed by atoms with Gasteiger partial charge in [0.1, 0.15) is 24.6 Å². The molecule has 1 aliphatic carbocycles. The highest BCUT2D eigenvalue weighted by molar-refractivity contribution is 6.31. The third kappa shape index (κ3) is 4.49. The number of halogens is 2. The van der Waals surface area contributed by atoms with Crippen LogP contribution >= 0.6 is 11.6 Å². The van der Waals surface area contributed by atoms with Crippen LogP contribution in [0.2, 0.25) is 5.02 Å². The van der Waals surface area contributed by atoms with Crippen LogP contribution in [0.1, 0.15) is 19.3 Å². The van der Waals surface area contributed by atoms with Gasteiger partial charge in [-0.3, -0.25) is 4.79 Å². The van der Waals surface area contributed by atoms with Crippen molar-refractivity contribution in [2.75, 3.05) is 29.9 Å². The normalized spacial score (nSPS) is 15.9. The number of hydrogen-bond donors (Lipinski definition) is 2. The lowest BCUT2D eigenvalue weighted by molar-refractivity contribution is -0.114. The Labute approximate surface area is 195 Å². The van der Waals surface area contributed by atoms with E-state index in [1.165, 1.54) is 37.7 Å². The van der Waals surface area contributed by atoms with Crippen molar-refractivity contribution in [3.05, 3.63) is 59.7 Å². The predicted molar refractivity (Wildman–Crippen MR) is 127 cm³/mol. The van der Waals surface area contributed by atoms with Crippen molar-refractivity contribution in [3.8, 4) is 5.75 Å². The second-order valence-electron chi connectivity index (χ2n) is 8.06. The summed E-state index contributed by atoms with van der Waals surface area (Å²) in [5.41, 5.74) is 1.89. The van der Waals surface area contributed by atoms with Crippen LogP contribution in [0.3, 0.4) is 0 Å². The lowest BCUT2D eigenvalue weighted by Gasteiger charge is -2.30. The lowest BCUT2D eigenvalue weighted by Crippen LogP contribution is -2.37. The number of aromatic nitrogens is 2. The number of nitrogens with zero attached hydrogens (tertiary/aromatic N) is 3. The Hall–Kier alpha value is -3.23. The molecule has 0 bridgehead atoms. The van der Waals surface area contributed by atoms with Crippen LogP contribution in [0, 0.1) is 5.82 Å². The van der Waals surface area contributed by atoms with Gasteiger partial charge >= 0.3 is 0 Å². The van der Waals surface area contributed by atoms with Crippen LogP contribution in [0.25, 0.3) is 10.9 Å². The summed E-state index contributed by atoms with van der Waals surface area (Å²) in [6, 6.07) is 8.58. The van der Waals surface area contributed by atoms with Crippen molar-refractivity contribution in [2.45, 2.75) is 25.3 Å². The summed E-state index contributed by atoms with van der Waals surface area (Å²) in [7, 11) is 0. The zero-order valence-electron chi connectivity index (χ0n) is 17.9. The summed E-state index contributed by atoms with van der Waals surface area (Å²) in [6.07, 6.45) is 8.58. The highest BCUT2D eigenvalue weighted by Gasteiger charge is 2.26. The van der Waals surface area contributed by atoms with E-state index in [-0.39, 0.29) is 10.9 Å². The van der Waals surface area contributed by atoms with E-state index in [1.54, 1.807) is 17.0 Å². The van der Waals surface area contributed by atoms with E-state index in [4.69, 9.17) is 16.3 Å². The third-order valence-corrected chi connectivity index (χ3v) is 6.22. The molecule has 2 aromatic carbocycles. The minimum atomic E-state index is -0.499. The van der Waals surface area contributed by atoms with Crippen molar-refractivity contribution in [1.82, 2.24) is 15.3 Å². The first-order valence-electron chi connectivity index (χ1n) is 10.9. The lowest BCUT2D eigenvalue weighted by atomic mass is 9.93. The zero-order valence-corrected chi connectivity index (χ0v) is 18.6. The number of benzene rings is 2. The average molecular weight is 468 g/mol. The molecule has 0 radical (unpaired) electrons. The number of carbonyl (C=O) groups excluding carboxylic acids is 1. The Kier molecular flexibility index (Phi) is 6.11. The number of amides is 1. The second-order valence-corrected chi connectivity index (χ2v) is 8.47. The zero-order chi connectivity index (χ0) is 22.8. The van der Waals surface area contributed by atoms with Gasteiger partial charge in [-0.25, -0.2) is 14.4 Å². The third-order valence-electron chi connectivity index (χ3n) is 5.93. The van der Waals surface area contributed by atoms with Crippen LogP contribution in [-0.2, 0) is 4.79 Å². The number of carbonyl (C=O) groups is 1. The highest BCUT2D eigenvalue weighted by Crippen LogP contribution is 2.41. The molecule has 1 aliphatic heterocycles. The smallest absolute Gasteiger partial charge is 0.250 e. The van der Waals surface area contributed by atoms with Gasteiger partial charge in [-0.05, 0) is 43.2 Å². The fraction of sp³-hybridized carbons (Fsp3) is 0.292. The molecule has 3 aromatic rings. The number of hydrogen-bond acceptors (Lipinski definition) is 6. The summed E-state index contributed by atoms with van der Waals surface area (Å²) in [6.45, 7) is 1.47. The molecule has 1 fully saturated rings. The summed E-state index contributed by atoms with van der Waals surface area (Å²) in [5.74, 6) is 0.407. The standard InChI is InChI=1S/C24H23ClFN5O2/c25-17-13-16(6-7-18(17)26)30-24-22-19(28-14-29-24)8-9-20-23(22)33-12-11-31(20)21(32)5-2-10-27-15-3-1-4-15/h2,5-9,13-15,27H,1,3-4,10-12H2,(H,28,29,30)/b5-2+. The molecule has 0 unspecified atom stereocenters. The van der Waals surface area contributed by atoms with Gasteiger partial charge in [0.15, 0.2) is 5.75 Å². The molecule has 7 nitrogen and oxygen atoms in total. The van der Waals surface area contributed by atoms with Crippen LogP contribution in [0.5, 0.6) is 5.75 Å². The van der Waals surface area contributed by atoms with Gasteiger partial charge in [-0.1, -0.05) is 24.1 Å². The Morgan fingerprint density at radius 2 is 2.15 bits per heavy atom. The van der Waals surface area contributed by atoms with Gasteiger partial charge in [0.2, 0.25) is 0 Å². The summed E-state index contributed by atoms with van der Waals surface area (Å²) < 4.78 is 19.5. The average Bonchev–Trinajstić information content (AvgIpc) is 2.79. The Balaban J connectivity index is 1.43. The number of rotatable bonds is 6. The van der Waals surface area contributed by atoms with Crippen LogP contribution in [-0.4, -0.2) is 41.6 Å². The molecule has 9 heteroatoms. The largest absolute Gasteiger partial charge is 0.489 e. The van der Waals surface area contributed by atoms with E-state index in [9.17, 15) is 9.18 Å². The van der Waals surface area contributed by atoms with Crippen LogP contribution < -0.4 is 20.3 Å². The van der Waals surface area contributed by atoms with Gasteiger partial charge in [-0.2, -0.15) is 0 Å². The molecule has 0 saturated heterocycles. The quantitative estimate of drug-likeness (QED) is 0.516. The molecule has 0 atom stereocenters. The molecule has 1 aromatic heterocycles. The number of ether oxygens (including phenoxy) is 1. The molecule has 0 spiro atoms. The highest BCUT2D eigenvalue weighted by atomic mass is 35.5. The van der Waals surface area contributed by atoms with E-state index in [1.807, 2.05) is 18.2 Å². The van der Waals surface area contributed by atoms with Gasteiger partial charge in [0, 0.05) is 24.4 Å². The summed E-state index contributed by atoms with van der Waals surface area (Å²) in [4.78, 5) is 23.3. The van der Waals surface area contributed by atoms with E-state index < -0.39 is 5.82 Å². The van der Waals surface area contributed by atoms with Crippen molar-refractivity contribution in [2.24, 2.45) is 0 Å².